The molecule has 4 heteroatoms. The molecule has 0 spiro atoms. The molecular weight excluding hydrogens is 224 g/mol. The predicted molar refractivity (Wildman–Crippen MR) is 61.3 cm³/mol. The van der Waals surface area contributed by atoms with Crippen molar-refractivity contribution in [2.45, 2.75) is 24.5 Å². The molecule has 0 aliphatic heterocycles. The summed E-state index contributed by atoms with van der Waals surface area (Å²) in [4.78, 5) is 10.5. The van der Waals surface area contributed by atoms with E-state index < -0.39 is 5.97 Å². The van der Waals surface area contributed by atoms with E-state index in [9.17, 15) is 9.00 Å². The van der Waals surface area contributed by atoms with Gasteiger partial charge in [-0.1, -0.05) is 24.3 Å². The van der Waals surface area contributed by atoms with Crippen LogP contribution in [0.25, 0.3) is 0 Å². The molecule has 1 aliphatic carbocycles. The van der Waals surface area contributed by atoms with E-state index in [-0.39, 0.29) is 11.7 Å². The van der Waals surface area contributed by atoms with Gasteiger partial charge in [0.15, 0.2) is 0 Å². The lowest BCUT2D eigenvalue weighted by molar-refractivity contribution is -0.136. The maximum absolute atomic E-state index is 11.0. The molecule has 1 saturated carbocycles. The molecule has 84 valence electrons. The fourth-order valence-corrected chi connectivity index (χ4v) is 2.50. The Morgan fingerprint density at radius 3 is 2.44 bits per heavy atom. The van der Waals surface area contributed by atoms with E-state index in [1.165, 1.54) is 0 Å². The summed E-state index contributed by atoms with van der Waals surface area (Å²) in [5.74, 6) is -0.308. The average molecular weight is 237 g/mol. The van der Waals surface area contributed by atoms with Crippen LogP contribution in [0.5, 0.6) is 0 Å². The molecule has 0 saturated heterocycles. The van der Waals surface area contributed by atoms with E-state index in [0.717, 1.165) is 24.0 Å². The molecule has 16 heavy (non-hydrogen) atoms. The van der Waals surface area contributed by atoms with Crippen molar-refractivity contribution in [3.63, 3.8) is 0 Å². The van der Waals surface area contributed by atoms with E-state index in [1.54, 1.807) is 12.1 Å². The molecule has 1 aliphatic rings. The van der Waals surface area contributed by atoms with Crippen molar-refractivity contribution in [3.05, 3.63) is 35.4 Å². The van der Waals surface area contributed by atoms with Crippen LogP contribution >= 0.6 is 0 Å². The smallest absolute Gasteiger partial charge is 0.467 e. The van der Waals surface area contributed by atoms with Crippen LogP contribution in [0.15, 0.2) is 24.3 Å². The molecule has 1 N–H and O–H groups in total. The van der Waals surface area contributed by atoms with E-state index in [0.29, 0.717) is 17.6 Å². The molecule has 1 unspecified atom stereocenters. The van der Waals surface area contributed by atoms with Crippen molar-refractivity contribution in [2.24, 2.45) is 5.92 Å². The lowest BCUT2D eigenvalue weighted by Crippen LogP contribution is -2.02. The molecule has 0 radical (unpaired) electrons. The summed E-state index contributed by atoms with van der Waals surface area (Å²) in [6, 6.07) is 7.36. The predicted octanol–water partition coefficient (Wildman–Crippen LogP) is 2.19. The van der Waals surface area contributed by atoms with Gasteiger partial charge in [-0.3, -0.25) is 4.79 Å². The van der Waals surface area contributed by atoms with E-state index in [2.05, 4.69) is 0 Å². The topological polar surface area (TPSA) is 54.4 Å². The zero-order valence-corrected chi connectivity index (χ0v) is 9.57. The first kappa shape index (κ1) is 11.2. The van der Waals surface area contributed by atoms with Gasteiger partial charge in [-0.05, 0) is 18.4 Å². The Kier molecular flexibility index (Phi) is 3.29. The zero-order valence-electron chi connectivity index (χ0n) is 8.76. The van der Waals surface area contributed by atoms with Crippen molar-refractivity contribution < 1.29 is 14.1 Å². The van der Waals surface area contributed by atoms with E-state index in [4.69, 9.17) is 5.11 Å². The van der Waals surface area contributed by atoms with Crippen LogP contribution in [-0.4, -0.2) is 11.1 Å². The highest BCUT2D eigenvalue weighted by Crippen LogP contribution is 2.42. The highest BCUT2D eigenvalue weighted by atomic mass is 32.1. The minimum atomic E-state index is -0.829. The fraction of sp³-hybridized carbons (Fsp3) is 0.417. The first-order valence-electron chi connectivity index (χ1n) is 5.30. The maximum Gasteiger partial charge on any atom is 0.467 e. The maximum atomic E-state index is 11.0. The van der Waals surface area contributed by atoms with Gasteiger partial charge in [-0.15, -0.1) is 0 Å². The summed E-state index contributed by atoms with van der Waals surface area (Å²) in [5, 5.41) is 8.68. The van der Waals surface area contributed by atoms with Crippen LogP contribution in [0.3, 0.4) is 0 Å². The number of benzene rings is 1. The van der Waals surface area contributed by atoms with Gasteiger partial charge in [0.2, 0.25) is 0 Å². The fourth-order valence-electron chi connectivity index (χ4n) is 1.81. The molecular formula is C12H13O3S+. The molecule has 1 fully saturated rings. The standard InChI is InChI=1S/C12H12O3S/c13-11(14)7-8-1-3-9(4-2-8)12(16-15)10-5-6-10/h1-4,10,12H,5-7H2/p+1. The van der Waals surface area contributed by atoms with Gasteiger partial charge in [-0.25, -0.2) is 0 Å². The highest BCUT2D eigenvalue weighted by Gasteiger charge is 2.41. The number of hydrogen-bond acceptors (Lipinski definition) is 2. The third-order valence-electron chi connectivity index (χ3n) is 2.82. The number of carboxylic acid groups (broad SMARTS) is 1. The number of hydrogen-bond donors (Lipinski definition) is 1. The van der Waals surface area contributed by atoms with Gasteiger partial charge >= 0.3 is 17.6 Å². The van der Waals surface area contributed by atoms with Crippen LogP contribution in [0, 0.1) is 5.92 Å². The lowest BCUT2D eigenvalue weighted by Gasteiger charge is -2.01. The normalized spacial score (nSPS) is 16.8. The molecule has 0 bridgehead atoms. The van der Waals surface area contributed by atoms with Gasteiger partial charge in [0.25, 0.3) is 5.25 Å². The summed E-state index contributed by atoms with van der Waals surface area (Å²) < 4.78 is 11.0. The SMILES string of the molecule is O=[S+]C(c1ccc(CC(=O)O)cc1)C1CC1. The van der Waals surface area contributed by atoms with Gasteiger partial charge in [-0.2, -0.15) is 0 Å². The second-order valence-electron chi connectivity index (χ2n) is 4.17. The first-order valence-corrected chi connectivity index (χ1v) is 6.10. The average Bonchev–Trinajstić information content (AvgIpc) is 3.05. The Hall–Kier alpha value is -1.29. The second kappa shape index (κ2) is 4.70. The minimum Gasteiger partial charge on any atom is -0.481 e. The van der Waals surface area contributed by atoms with Gasteiger partial charge < -0.3 is 5.11 Å². The monoisotopic (exact) mass is 237 g/mol. The van der Waals surface area contributed by atoms with Crippen molar-refractivity contribution in [1.29, 1.82) is 0 Å². The molecule has 0 aromatic heterocycles. The van der Waals surface area contributed by atoms with Crippen molar-refractivity contribution in [3.8, 4) is 0 Å². The Morgan fingerprint density at radius 2 is 2.00 bits per heavy atom. The Labute approximate surface area is 98.0 Å². The largest absolute Gasteiger partial charge is 0.481 e. The summed E-state index contributed by atoms with van der Waals surface area (Å²) >= 11 is 0.647. The van der Waals surface area contributed by atoms with Crippen molar-refractivity contribution >= 4 is 17.6 Å². The number of carboxylic acids is 1. The summed E-state index contributed by atoms with van der Waals surface area (Å²) in [6.07, 6.45) is 2.31. The van der Waals surface area contributed by atoms with Gasteiger partial charge in [0.05, 0.1) is 6.42 Å². The number of aliphatic carboxylic acids is 1. The summed E-state index contributed by atoms with van der Waals surface area (Å²) in [7, 11) is 0. The minimum absolute atomic E-state index is 0.0406. The van der Waals surface area contributed by atoms with Crippen molar-refractivity contribution in [2.75, 3.05) is 0 Å². The molecule has 2 rings (SSSR count). The quantitative estimate of drug-likeness (QED) is 0.799. The molecule has 1 aromatic carbocycles. The van der Waals surface area contributed by atoms with Crippen LogP contribution in [-0.2, 0) is 27.1 Å². The van der Waals surface area contributed by atoms with Crippen molar-refractivity contribution in [1.82, 2.24) is 0 Å². The third-order valence-corrected chi connectivity index (χ3v) is 3.68. The van der Waals surface area contributed by atoms with Gasteiger partial charge in [0.1, 0.15) is 0 Å². The van der Waals surface area contributed by atoms with Crippen LogP contribution < -0.4 is 0 Å². The van der Waals surface area contributed by atoms with Crippen LogP contribution in [0.1, 0.15) is 29.2 Å². The Morgan fingerprint density at radius 1 is 1.38 bits per heavy atom. The van der Waals surface area contributed by atoms with Crippen LogP contribution in [0.4, 0.5) is 0 Å². The molecule has 3 nitrogen and oxygen atoms in total. The molecule has 1 atom stereocenters. The number of carbonyl (C=O) groups is 1. The summed E-state index contributed by atoms with van der Waals surface area (Å²) in [5.41, 5.74) is 1.80. The summed E-state index contributed by atoms with van der Waals surface area (Å²) in [6.45, 7) is 0. The third kappa shape index (κ3) is 2.64. The lowest BCUT2D eigenvalue weighted by atomic mass is 10.0. The van der Waals surface area contributed by atoms with E-state index >= 15 is 0 Å². The zero-order chi connectivity index (χ0) is 11.5. The first-order chi connectivity index (χ1) is 7.70. The van der Waals surface area contributed by atoms with E-state index in [1.807, 2.05) is 12.1 Å². The Bertz CT molecular complexity index is 395. The number of rotatable bonds is 5. The van der Waals surface area contributed by atoms with Gasteiger partial charge in [0, 0.05) is 15.7 Å². The Balaban J connectivity index is 2.11. The highest BCUT2D eigenvalue weighted by molar-refractivity contribution is 7.65. The molecule has 0 amide bonds. The molecule has 1 aromatic rings. The molecule has 0 heterocycles. The second-order valence-corrected chi connectivity index (χ2v) is 4.87. The van der Waals surface area contributed by atoms with Crippen LogP contribution in [0.2, 0.25) is 0 Å².